The average Bonchev–Trinajstić information content (AvgIpc) is 3.42. The van der Waals surface area contributed by atoms with Crippen molar-refractivity contribution >= 4 is 17.5 Å². The summed E-state index contributed by atoms with van der Waals surface area (Å²) in [6.07, 6.45) is 8.31. The van der Waals surface area contributed by atoms with Gasteiger partial charge in [0, 0.05) is 43.5 Å². The van der Waals surface area contributed by atoms with Crippen molar-refractivity contribution < 1.29 is 19.2 Å². The van der Waals surface area contributed by atoms with Gasteiger partial charge in [-0.15, -0.1) is 0 Å². The maximum absolute atomic E-state index is 12.5. The molecule has 0 spiro atoms. The first-order valence-corrected chi connectivity index (χ1v) is 13.5. The number of aromatic nitrogens is 3. The normalized spacial score (nSPS) is 19.1. The quantitative estimate of drug-likeness (QED) is 0.488. The first-order chi connectivity index (χ1) is 17.7. The number of rotatable bonds is 10. The summed E-state index contributed by atoms with van der Waals surface area (Å²) < 4.78 is 11.5. The van der Waals surface area contributed by atoms with Crippen LogP contribution >= 0.6 is 0 Å². The first-order valence-electron chi connectivity index (χ1n) is 13.5. The van der Waals surface area contributed by atoms with E-state index >= 15 is 0 Å². The third-order valence-electron chi connectivity index (χ3n) is 7.33. The number of nitrogens with zero attached hydrogens (tertiary/aromatic N) is 4. The number of aliphatic hydroxyl groups is 1. The summed E-state index contributed by atoms with van der Waals surface area (Å²) in [7, 11) is 0. The first kappa shape index (κ1) is 27.1. The summed E-state index contributed by atoms with van der Waals surface area (Å²) in [5.41, 5.74) is 1.82. The highest BCUT2D eigenvalue weighted by Crippen LogP contribution is 2.30. The van der Waals surface area contributed by atoms with Gasteiger partial charge in [-0.25, -0.2) is 0 Å². The molecule has 0 aromatic carbocycles. The van der Waals surface area contributed by atoms with Gasteiger partial charge in [0.2, 0.25) is 5.91 Å². The van der Waals surface area contributed by atoms with Gasteiger partial charge in [-0.2, -0.15) is 4.98 Å². The second kappa shape index (κ2) is 12.1. The zero-order valence-corrected chi connectivity index (χ0v) is 22.6. The van der Waals surface area contributed by atoms with E-state index in [0.29, 0.717) is 31.5 Å². The molecule has 1 fully saturated rings. The molecule has 0 bridgehead atoms. The van der Waals surface area contributed by atoms with Crippen molar-refractivity contribution in [2.75, 3.05) is 37.7 Å². The number of anilines is 1. The highest BCUT2D eigenvalue weighted by molar-refractivity contribution is 5.80. The van der Waals surface area contributed by atoms with E-state index in [9.17, 15) is 9.90 Å². The van der Waals surface area contributed by atoms with E-state index in [2.05, 4.69) is 45.3 Å². The van der Waals surface area contributed by atoms with E-state index in [1.54, 1.807) is 6.20 Å². The number of hydrogen-bond acceptors (Lipinski definition) is 8. The minimum atomic E-state index is -0.302. The van der Waals surface area contributed by atoms with E-state index in [-0.39, 0.29) is 29.8 Å². The fourth-order valence-electron chi connectivity index (χ4n) is 4.58. The van der Waals surface area contributed by atoms with Gasteiger partial charge in [0.05, 0.1) is 18.5 Å². The number of carbonyl (C=O) groups excluding carboxylic acids is 1. The van der Waals surface area contributed by atoms with Crippen LogP contribution in [0, 0.1) is 17.3 Å². The lowest BCUT2D eigenvalue weighted by atomic mass is 9.87. The summed E-state index contributed by atoms with van der Waals surface area (Å²) in [5, 5.41) is 16.4. The molecule has 2 aromatic rings. The van der Waals surface area contributed by atoms with Crippen LogP contribution in [-0.2, 0) is 4.79 Å². The fourth-order valence-corrected chi connectivity index (χ4v) is 4.58. The van der Waals surface area contributed by atoms with Crippen LogP contribution in [-0.4, -0.2) is 59.0 Å². The van der Waals surface area contributed by atoms with Crippen LogP contribution in [0.15, 0.2) is 28.9 Å². The number of allylic oxidation sites excluding steroid dienone is 2. The van der Waals surface area contributed by atoms with Crippen LogP contribution in [0.1, 0.15) is 77.2 Å². The molecule has 2 aromatic heterocycles. The number of nitrogens with one attached hydrogen (secondary N) is 1. The number of hydrogen-bond donors (Lipinski definition) is 2. The lowest BCUT2D eigenvalue weighted by molar-refractivity contribution is -0.125. The molecule has 2 aliphatic rings. The third kappa shape index (κ3) is 7.31. The molecule has 202 valence electrons. The van der Waals surface area contributed by atoms with Crippen LogP contribution in [0.5, 0.6) is 5.75 Å². The Morgan fingerprint density at radius 2 is 2.05 bits per heavy atom. The summed E-state index contributed by atoms with van der Waals surface area (Å²) in [6, 6.07) is 4.62. The topological polar surface area (TPSA) is 114 Å². The van der Waals surface area contributed by atoms with Crippen LogP contribution in [0.25, 0.3) is 5.57 Å². The molecule has 1 unspecified atom stereocenters. The van der Waals surface area contributed by atoms with Gasteiger partial charge in [-0.05, 0) is 55.7 Å². The molecule has 1 atom stereocenters. The van der Waals surface area contributed by atoms with Gasteiger partial charge in [0.15, 0.2) is 5.82 Å². The van der Waals surface area contributed by atoms with Gasteiger partial charge in [-0.1, -0.05) is 38.9 Å². The maximum Gasteiger partial charge on any atom is 0.324 e. The Balaban J connectivity index is 1.20. The standard InChI is InChI=1S/C28H41N5O4/c1-19(2)25-31-27(37-32-25)33-13-11-20(12-14-33)16-36-23-9-10-24(29-15-23)21-5-7-22(8-6-21)26(35)30-17-28(3,4)18-34/h5,9-10,15,19-20,22,34H,6-8,11-14,16-18H2,1-4H3,(H,30,35). The molecular weight excluding hydrogens is 470 g/mol. The summed E-state index contributed by atoms with van der Waals surface area (Å²) in [4.78, 5) is 23.8. The summed E-state index contributed by atoms with van der Waals surface area (Å²) >= 11 is 0. The van der Waals surface area contributed by atoms with Crippen LogP contribution in [0.2, 0.25) is 0 Å². The predicted molar refractivity (Wildman–Crippen MR) is 142 cm³/mol. The summed E-state index contributed by atoms with van der Waals surface area (Å²) in [5.74, 6) is 2.32. The summed E-state index contributed by atoms with van der Waals surface area (Å²) in [6.45, 7) is 11.0. The number of aliphatic hydroxyl groups excluding tert-OH is 1. The predicted octanol–water partition coefficient (Wildman–Crippen LogP) is 4.20. The number of piperidine rings is 1. The van der Waals surface area contributed by atoms with Gasteiger partial charge in [0.25, 0.3) is 0 Å². The van der Waals surface area contributed by atoms with Crippen molar-refractivity contribution in [1.29, 1.82) is 0 Å². The largest absolute Gasteiger partial charge is 0.492 e. The van der Waals surface area contributed by atoms with Crippen molar-refractivity contribution in [3.05, 3.63) is 35.9 Å². The highest BCUT2D eigenvalue weighted by Gasteiger charge is 2.26. The Morgan fingerprint density at radius 3 is 2.65 bits per heavy atom. The lowest BCUT2D eigenvalue weighted by Crippen LogP contribution is -2.39. The van der Waals surface area contributed by atoms with Crippen molar-refractivity contribution in [1.82, 2.24) is 20.4 Å². The molecule has 37 heavy (non-hydrogen) atoms. The highest BCUT2D eigenvalue weighted by atomic mass is 16.5. The molecule has 3 heterocycles. The Labute approximate surface area is 219 Å². The van der Waals surface area contributed by atoms with Crippen molar-refractivity contribution in [2.24, 2.45) is 17.3 Å². The van der Waals surface area contributed by atoms with Gasteiger partial charge in [-0.3, -0.25) is 9.78 Å². The van der Waals surface area contributed by atoms with Gasteiger partial charge in [0.1, 0.15) is 5.75 Å². The minimum absolute atomic E-state index is 0.0237. The van der Waals surface area contributed by atoms with E-state index in [1.165, 1.54) is 5.57 Å². The molecule has 1 saturated heterocycles. The van der Waals surface area contributed by atoms with E-state index in [1.807, 2.05) is 26.0 Å². The molecular formula is C28H41N5O4. The van der Waals surface area contributed by atoms with Crippen LogP contribution in [0.4, 0.5) is 6.01 Å². The molecule has 0 radical (unpaired) electrons. The molecule has 4 rings (SSSR count). The van der Waals surface area contributed by atoms with E-state index < -0.39 is 0 Å². The van der Waals surface area contributed by atoms with Crippen LogP contribution in [0.3, 0.4) is 0 Å². The SMILES string of the molecule is CC(C)c1noc(N2CCC(COc3ccc(C4=CCC(C(=O)NCC(C)(C)CO)CC4)nc3)CC2)n1. The number of pyridine rings is 1. The second-order valence-electron chi connectivity index (χ2n) is 11.5. The maximum atomic E-state index is 12.5. The molecule has 1 aliphatic carbocycles. The molecule has 0 saturated carbocycles. The fraction of sp³-hybridized carbons (Fsp3) is 0.643. The van der Waals surface area contributed by atoms with Gasteiger partial charge >= 0.3 is 6.01 Å². The Hall–Kier alpha value is -2.94. The Bertz CT molecular complexity index is 1050. The zero-order chi connectivity index (χ0) is 26.4. The minimum Gasteiger partial charge on any atom is -0.492 e. The number of carbonyl (C=O) groups is 1. The molecule has 1 aliphatic heterocycles. The van der Waals surface area contributed by atoms with E-state index in [0.717, 1.165) is 56.0 Å². The van der Waals surface area contributed by atoms with Crippen LogP contribution < -0.4 is 15.0 Å². The van der Waals surface area contributed by atoms with Gasteiger partial charge < -0.3 is 24.6 Å². The number of amides is 1. The molecule has 1 amide bonds. The Morgan fingerprint density at radius 1 is 1.27 bits per heavy atom. The third-order valence-corrected chi connectivity index (χ3v) is 7.33. The zero-order valence-electron chi connectivity index (χ0n) is 22.6. The van der Waals surface area contributed by atoms with Crippen molar-refractivity contribution in [3.63, 3.8) is 0 Å². The Kier molecular flexibility index (Phi) is 8.84. The monoisotopic (exact) mass is 511 g/mol. The van der Waals surface area contributed by atoms with Crippen molar-refractivity contribution in [2.45, 2.75) is 65.7 Å². The smallest absolute Gasteiger partial charge is 0.324 e. The molecule has 9 heteroatoms. The number of ether oxygens (including phenoxy) is 1. The molecule has 9 nitrogen and oxygen atoms in total. The van der Waals surface area contributed by atoms with E-state index in [4.69, 9.17) is 9.26 Å². The lowest BCUT2D eigenvalue weighted by Gasteiger charge is -2.30. The second-order valence-corrected chi connectivity index (χ2v) is 11.5. The van der Waals surface area contributed by atoms with Crippen molar-refractivity contribution in [3.8, 4) is 5.75 Å². The average molecular weight is 512 g/mol. The molecule has 2 N–H and O–H groups in total.